The summed E-state index contributed by atoms with van der Waals surface area (Å²) >= 11 is 0. The van der Waals surface area contributed by atoms with Crippen LogP contribution in [0, 0.1) is 13.8 Å². The van der Waals surface area contributed by atoms with E-state index in [0.717, 1.165) is 11.4 Å². The van der Waals surface area contributed by atoms with Crippen LogP contribution in [-0.4, -0.2) is 32.6 Å². The summed E-state index contributed by atoms with van der Waals surface area (Å²) in [4.78, 5) is 8.96. The van der Waals surface area contributed by atoms with Gasteiger partial charge >= 0.3 is 0 Å². The monoisotopic (exact) mass is 505 g/mol. The number of nitrogens with zero attached hydrogens (tertiary/aromatic N) is 2. The van der Waals surface area contributed by atoms with Gasteiger partial charge in [0.05, 0.1) is 14.2 Å². The third-order valence-corrected chi connectivity index (χ3v) is 6.63. The average Bonchev–Trinajstić information content (AvgIpc) is 2.86. The summed E-state index contributed by atoms with van der Waals surface area (Å²) in [6, 6.07) is 21.2. The molecule has 0 fully saturated rings. The number of anilines is 5. The molecule has 0 aliphatic rings. The SMILES string of the molecule is COc1ccc(OC)c(S(=O)(=O)Nc2ccc(Nc3nc(C)cc(Nc4ccc(C)cc4)n3)cc2)c1. The number of ether oxygens (including phenoxy) is 2. The van der Waals surface area contributed by atoms with Crippen LogP contribution in [0.5, 0.6) is 11.5 Å². The zero-order valence-electron chi connectivity index (χ0n) is 20.4. The number of rotatable bonds is 9. The van der Waals surface area contributed by atoms with E-state index in [9.17, 15) is 8.42 Å². The lowest BCUT2D eigenvalue weighted by atomic mass is 10.2. The maximum Gasteiger partial charge on any atom is 0.265 e. The van der Waals surface area contributed by atoms with Crippen molar-refractivity contribution in [2.75, 3.05) is 29.6 Å². The third kappa shape index (κ3) is 6.02. The van der Waals surface area contributed by atoms with E-state index in [1.165, 1.54) is 25.8 Å². The van der Waals surface area contributed by atoms with Crippen LogP contribution in [0.3, 0.4) is 0 Å². The molecule has 0 bridgehead atoms. The highest BCUT2D eigenvalue weighted by atomic mass is 32.2. The number of benzene rings is 3. The van der Waals surface area contributed by atoms with Crippen LogP contribution in [0.15, 0.2) is 77.7 Å². The molecule has 0 amide bonds. The molecule has 0 aliphatic heterocycles. The number of aryl methyl sites for hydroxylation is 2. The molecule has 0 unspecified atom stereocenters. The van der Waals surface area contributed by atoms with E-state index in [0.29, 0.717) is 28.9 Å². The molecule has 1 aromatic heterocycles. The number of hydrogen-bond acceptors (Lipinski definition) is 8. The molecular formula is C26H27N5O4S. The van der Waals surface area contributed by atoms with E-state index in [4.69, 9.17) is 9.47 Å². The maximum atomic E-state index is 13.0. The van der Waals surface area contributed by atoms with Crippen molar-refractivity contribution >= 4 is 38.9 Å². The molecule has 0 saturated heterocycles. The van der Waals surface area contributed by atoms with Crippen molar-refractivity contribution in [3.8, 4) is 11.5 Å². The number of sulfonamides is 1. The van der Waals surface area contributed by atoms with E-state index in [-0.39, 0.29) is 10.6 Å². The lowest BCUT2D eigenvalue weighted by molar-refractivity contribution is 0.392. The minimum Gasteiger partial charge on any atom is -0.497 e. The van der Waals surface area contributed by atoms with Crippen LogP contribution >= 0.6 is 0 Å². The maximum absolute atomic E-state index is 13.0. The Morgan fingerprint density at radius 3 is 2.03 bits per heavy atom. The largest absolute Gasteiger partial charge is 0.497 e. The smallest absolute Gasteiger partial charge is 0.265 e. The number of hydrogen-bond donors (Lipinski definition) is 3. The zero-order chi connectivity index (χ0) is 25.7. The second kappa shape index (κ2) is 10.5. The van der Waals surface area contributed by atoms with Crippen LogP contribution in [0.25, 0.3) is 0 Å². The summed E-state index contributed by atoms with van der Waals surface area (Å²) in [6.07, 6.45) is 0. The molecular weight excluding hydrogens is 478 g/mol. The van der Waals surface area contributed by atoms with Crippen molar-refractivity contribution in [2.24, 2.45) is 0 Å². The number of nitrogens with one attached hydrogen (secondary N) is 3. The third-order valence-electron chi connectivity index (χ3n) is 5.23. The van der Waals surface area contributed by atoms with Crippen LogP contribution in [0.1, 0.15) is 11.3 Å². The van der Waals surface area contributed by atoms with Crippen LogP contribution in [0.2, 0.25) is 0 Å². The standard InChI is InChI=1S/C26H27N5O4S/c1-17-5-7-19(8-6-17)28-25-15-18(2)27-26(30-25)29-20-9-11-21(12-10-20)31-36(32,33)24-16-22(34-3)13-14-23(24)35-4/h5-16,31H,1-4H3,(H2,27,28,29,30). The fourth-order valence-corrected chi connectivity index (χ4v) is 4.67. The van der Waals surface area contributed by atoms with Crippen LogP contribution in [-0.2, 0) is 10.0 Å². The molecule has 0 radical (unpaired) electrons. The molecule has 36 heavy (non-hydrogen) atoms. The van der Waals surface area contributed by atoms with Gasteiger partial charge in [-0.25, -0.2) is 13.4 Å². The predicted molar refractivity (Wildman–Crippen MR) is 141 cm³/mol. The first-order valence-electron chi connectivity index (χ1n) is 11.1. The van der Waals surface area contributed by atoms with E-state index in [1.54, 1.807) is 36.4 Å². The molecule has 0 saturated carbocycles. The summed E-state index contributed by atoms with van der Waals surface area (Å²) in [7, 11) is -1.03. The topological polar surface area (TPSA) is 114 Å². The van der Waals surface area contributed by atoms with E-state index >= 15 is 0 Å². The van der Waals surface area contributed by atoms with Gasteiger partial charge in [-0.15, -0.1) is 0 Å². The molecule has 9 nitrogen and oxygen atoms in total. The minimum absolute atomic E-state index is 0.0201. The lowest BCUT2D eigenvalue weighted by Gasteiger charge is -2.13. The average molecular weight is 506 g/mol. The quantitative estimate of drug-likeness (QED) is 0.277. The van der Waals surface area contributed by atoms with Crippen LogP contribution in [0.4, 0.5) is 28.8 Å². The van der Waals surface area contributed by atoms with Gasteiger partial charge in [0.1, 0.15) is 22.2 Å². The first kappa shape index (κ1) is 24.8. The van der Waals surface area contributed by atoms with E-state index in [1.807, 2.05) is 44.2 Å². The molecule has 4 aromatic rings. The number of methoxy groups -OCH3 is 2. The van der Waals surface area contributed by atoms with Gasteiger partial charge < -0.3 is 20.1 Å². The van der Waals surface area contributed by atoms with Crippen molar-refractivity contribution in [3.05, 3.63) is 84.1 Å². The Kier molecular flexibility index (Phi) is 7.25. The first-order valence-corrected chi connectivity index (χ1v) is 12.6. The highest BCUT2D eigenvalue weighted by molar-refractivity contribution is 7.92. The van der Waals surface area contributed by atoms with Gasteiger partial charge in [-0.3, -0.25) is 4.72 Å². The van der Waals surface area contributed by atoms with Crippen molar-refractivity contribution in [2.45, 2.75) is 18.7 Å². The summed E-state index contributed by atoms with van der Waals surface area (Å²) in [5.74, 6) is 1.70. The molecule has 0 atom stereocenters. The Hall–Kier alpha value is -4.31. The van der Waals surface area contributed by atoms with Crippen molar-refractivity contribution in [1.29, 1.82) is 0 Å². The second-order valence-corrected chi connectivity index (χ2v) is 9.68. The predicted octanol–water partition coefficient (Wildman–Crippen LogP) is 5.40. The first-order chi connectivity index (χ1) is 17.3. The Bertz CT molecular complexity index is 1460. The molecule has 0 aliphatic carbocycles. The van der Waals surface area contributed by atoms with E-state index < -0.39 is 10.0 Å². The molecule has 3 N–H and O–H groups in total. The Labute approximate surface area is 210 Å². The minimum atomic E-state index is -3.91. The summed E-state index contributed by atoms with van der Waals surface area (Å²) in [6.45, 7) is 3.92. The highest BCUT2D eigenvalue weighted by Crippen LogP contribution is 2.30. The van der Waals surface area contributed by atoms with Gasteiger partial charge in [-0.05, 0) is 62.4 Å². The lowest BCUT2D eigenvalue weighted by Crippen LogP contribution is -2.14. The van der Waals surface area contributed by atoms with Crippen molar-refractivity contribution < 1.29 is 17.9 Å². The molecule has 1 heterocycles. The molecule has 0 spiro atoms. The fourth-order valence-electron chi connectivity index (χ4n) is 3.43. The summed E-state index contributed by atoms with van der Waals surface area (Å²) < 4.78 is 38.9. The van der Waals surface area contributed by atoms with Crippen molar-refractivity contribution in [3.63, 3.8) is 0 Å². The number of aromatic nitrogens is 2. The highest BCUT2D eigenvalue weighted by Gasteiger charge is 2.21. The van der Waals surface area contributed by atoms with Gasteiger partial charge in [-0.1, -0.05) is 17.7 Å². The van der Waals surface area contributed by atoms with Gasteiger partial charge in [0.15, 0.2) is 0 Å². The Morgan fingerprint density at radius 1 is 0.722 bits per heavy atom. The molecule has 186 valence electrons. The van der Waals surface area contributed by atoms with Crippen molar-refractivity contribution in [1.82, 2.24) is 9.97 Å². The van der Waals surface area contributed by atoms with Gasteiger partial charge in [0.25, 0.3) is 10.0 Å². The van der Waals surface area contributed by atoms with Gasteiger partial charge in [0, 0.05) is 34.9 Å². The summed E-state index contributed by atoms with van der Waals surface area (Å²) in [5, 5.41) is 6.44. The zero-order valence-corrected chi connectivity index (χ0v) is 21.2. The summed E-state index contributed by atoms with van der Waals surface area (Å²) in [5.41, 5.74) is 3.98. The second-order valence-electron chi connectivity index (χ2n) is 8.03. The van der Waals surface area contributed by atoms with Crippen LogP contribution < -0.4 is 24.8 Å². The van der Waals surface area contributed by atoms with Gasteiger partial charge in [0.2, 0.25) is 5.95 Å². The molecule has 4 rings (SSSR count). The van der Waals surface area contributed by atoms with E-state index in [2.05, 4.69) is 25.3 Å². The molecule has 3 aromatic carbocycles. The normalized spacial score (nSPS) is 11.0. The molecule has 10 heteroatoms. The van der Waals surface area contributed by atoms with Gasteiger partial charge in [-0.2, -0.15) is 4.98 Å². The Morgan fingerprint density at radius 2 is 1.36 bits per heavy atom. The fraction of sp³-hybridized carbons (Fsp3) is 0.154. The Balaban J connectivity index is 1.48.